The number of piperazine rings is 1. The van der Waals surface area contributed by atoms with Crippen LogP contribution in [0.1, 0.15) is 28.6 Å². The minimum Gasteiger partial charge on any atom is -0.469 e. The molecule has 3 aromatic rings. The molecule has 0 radical (unpaired) electrons. The van der Waals surface area contributed by atoms with Crippen molar-refractivity contribution in [2.24, 2.45) is 5.92 Å². The van der Waals surface area contributed by atoms with Gasteiger partial charge in [0.1, 0.15) is 12.1 Å². The number of methoxy groups -OCH3 is 1. The fourth-order valence-corrected chi connectivity index (χ4v) is 4.98. The van der Waals surface area contributed by atoms with Gasteiger partial charge >= 0.3 is 5.97 Å². The van der Waals surface area contributed by atoms with Crippen LogP contribution in [0.5, 0.6) is 0 Å². The Morgan fingerprint density at radius 1 is 1.03 bits per heavy atom. The number of benzene rings is 2. The van der Waals surface area contributed by atoms with Gasteiger partial charge in [-0.1, -0.05) is 42.5 Å². The van der Waals surface area contributed by atoms with Crippen LogP contribution in [0.25, 0.3) is 11.0 Å². The van der Waals surface area contributed by atoms with E-state index in [1.165, 1.54) is 18.1 Å². The first-order chi connectivity index (χ1) is 16.0. The monoisotopic (exact) mass is 446 g/mol. The van der Waals surface area contributed by atoms with Gasteiger partial charge in [-0.15, -0.1) is 0 Å². The van der Waals surface area contributed by atoms with E-state index in [-0.39, 0.29) is 42.2 Å². The molecule has 0 aliphatic carbocycles. The van der Waals surface area contributed by atoms with Crippen LogP contribution < -0.4 is 5.43 Å². The fourth-order valence-electron chi connectivity index (χ4n) is 4.98. The Labute approximate surface area is 189 Å². The molecule has 2 amide bonds. The summed E-state index contributed by atoms with van der Waals surface area (Å²) in [6.45, 7) is 0.0705. The van der Waals surface area contributed by atoms with E-state index in [1.807, 2.05) is 30.3 Å². The van der Waals surface area contributed by atoms with E-state index in [2.05, 4.69) is 0 Å². The number of ether oxygens (including phenoxy) is 1. The number of carbonyl (C=O) groups is 3. The lowest BCUT2D eigenvalue weighted by Gasteiger charge is -2.39. The van der Waals surface area contributed by atoms with Crippen molar-refractivity contribution in [1.29, 1.82) is 0 Å². The summed E-state index contributed by atoms with van der Waals surface area (Å²) in [6.07, 6.45) is 0.378. The summed E-state index contributed by atoms with van der Waals surface area (Å²) in [5.74, 6) is -1.81. The molecule has 33 heavy (non-hydrogen) atoms. The molecular formula is C25H22N2O6. The Balaban J connectivity index is 1.45. The van der Waals surface area contributed by atoms with E-state index in [0.717, 1.165) is 5.56 Å². The lowest BCUT2D eigenvalue weighted by atomic mass is 9.93. The zero-order chi connectivity index (χ0) is 23.1. The molecule has 2 aliphatic heterocycles. The van der Waals surface area contributed by atoms with Crippen molar-refractivity contribution in [2.45, 2.75) is 18.5 Å². The molecule has 0 saturated carbocycles. The summed E-state index contributed by atoms with van der Waals surface area (Å²) >= 11 is 0. The molecule has 2 aliphatic rings. The van der Waals surface area contributed by atoms with Crippen LogP contribution in [0, 0.1) is 5.92 Å². The van der Waals surface area contributed by atoms with Gasteiger partial charge in [0.15, 0.2) is 11.2 Å². The largest absolute Gasteiger partial charge is 0.469 e. The maximum atomic E-state index is 13.2. The maximum Gasteiger partial charge on any atom is 0.311 e. The van der Waals surface area contributed by atoms with E-state index in [9.17, 15) is 19.2 Å². The molecule has 2 saturated heterocycles. The predicted octanol–water partition coefficient (Wildman–Crippen LogP) is 2.38. The molecule has 5 rings (SSSR count). The number of nitrogens with zero attached hydrogens (tertiary/aromatic N) is 2. The van der Waals surface area contributed by atoms with Gasteiger partial charge in [0.2, 0.25) is 5.91 Å². The Hall–Kier alpha value is -3.94. The quantitative estimate of drug-likeness (QED) is 0.573. The summed E-state index contributed by atoms with van der Waals surface area (Å²) in [5.41, 5.74) is 0.846. The molecule has 8 nitrogen and oxygen atoms in total. The molecular weight excluding hydrogens is 424 g/mol. The fraction of sp³-hybridized carbons (Fsp3) is 0.280. The third-order valence-corrected chi connectivity index (χ3v) is 6.42. The van der Waals surface area contributed by atoms with Crippen LogP contribution in [0.4, 0.5) is 0 Å². The molecule has 3 atom stereocenters. The Morgan fingerprint density at radius 2 is 1.76 bits per heavy atom. The predicted molar refractivity (Wildman–Crippen MR) is 118 cm³/mol. The third-order valence-electron chi connectivity index (χ3n) is 6.42. The maximum absolute atomic E-state index is 13.2. The number of amides is 2. The molecule has 2 fully saturated rings. The van der Waals surface area contributed by atoms with Crippen LogP contribution in [-0.4, -0.2) is 53.8 Å². The van der Waals surface area contributed by atoms with Crippen LogP contribution in [0.2, 0.25) is 0 Å². The van der Waals surface area contributed by atoms with Crippen molar-refractivity contribution in [2.75, 3.05) is 20.2 Å². The zero-order valence-electron chi connectivity index (χ0n) is 18.0. The molecule has 3 heterocycles. The minimum atomic E-state index is -0.528. The van der Waals surface area contributed by atoms with E-state index in [1.54, 1.807) is 29.2 Å². The van der Waals surface area contributed by atoms with Crippen molar-refractivity contribution in [3.63, 3.8) is 0 Å². The molecule has 8 heteroatoms. The first-order valence-corrected chi connectivity index (χ1v) is 10.7. The lowest BCUT2D eigenvalue weighted by Crippen LogP contribution is -2.56. The van der Waals surface area contributed by atoms with Crippen LogP contribution in [0.3, 0.4) is 0 Å². The van der Waals surface area contributed by atoms with Gasteiger partial charge in [-0.3, -0.25) is 19.2 Å². The van der Waals surface area contributed by atoms with Gasteiger partial charge < -0.3 is 19.0 Å². The molecule has 0 N–H and O–H groups in total. The molecule has 1 aromatic heterocycles. The van der Waals surface area contributed by atoms with Gasteiger partial charge in [0, 0.05) is 12.6 Å². The average molecular weight is 446 g/mol. The molecule has 0 bridgehead atoms. The van der Waals surface area contributed by atoms with E-state index < -0.39 is 17.9 Å². The van der Waals surface area contributed by atoms with Crippen molar-refractivity contribution in [3.8, 4) is 0 Å². The highest BCUT2D eigenvalue weighted by atomic mass is 16.5. The van der Waals surface area contributed by atoms with Gasteiger partial charge in [-0.2, -0.15) is 0 Å². The third kappa shape index (κ3) is 3.57. The number of rotatable bonds is 3. The average Bonchev–Trinajstić information content (AvgIpc) is 3.24. The van der Waals surface area contributed by atoms with Crippen molar-refractivity contribution < 1.29 is 23.5 Å². The van der Waals surface area contributed by atoms with Gasteiger partial charge in [-0.05, 0) is 24.1 Å². The summed E-state index contributed by atoms with van der Waals surface area (Å²) in [7, 11) is 1.33. The normalized spacial score (nSPS) is 22.3. The number of carbonyl (C=O) groups excluding carboxylic acids is 3. The van der Waals surface area contributed by atoms with Crippen molar-refractivity contribution in [1.82, 2.24) is 9.80 Å². The topological polar surface area (TPSA) is 97.1 Å². The van der Waals surface area contributed by atoms with Crippen molar-refractivity contribution >= 4 is 28.8 Å². The zero-order valence-corrected chi connectivity index (χ0v) is 18.0. The molecule has 0 unspecified atom stereocenters. The molecule has 2 aromatic carbocycles. The number of para-hydroxylation sites is 1. The molecule has 0 spiro atoms. The smallest absolute Gasteiger partial charge is 0.311 e. The Kier molecular flexibility index (Phi) is 5.20. The summed E-state index contributed by atoms with van der Waals surface area (Å²) in [4.78, 5) is 54.5. The van der Waals surface area contributed by atoms with Crippen LogP contribution >= 0.6 is 0 Å². The highest BCUT2D eigenvalue weighted by molar-refractivity contribution is 5.96. The number of hydrogen-bond donors (Lipinski definition) is 0. The minimum absolute atomic E-state index is 0.109. The Bertz CT molecular complexity index is 1300. The lowest BCUT2D eigenvalue weighted by molar-refractivity contribution is -0.147. The second-order valence-electron chi connectivity index (χ2n) is 8.33. The highest BCUT2D eigenvalue weighted by Crippen LogP contribution is 2.43. The first-order valence-electron chi connectivity index (χ1n) is 10.7. The summed E-state index contributed by atoms with van der Waals surface area (Å²) in [5, 5.41) is 0.386. The second-order valence-corrected chi connectivity index (χ2v) is 8.33. The standard InChI is InChI=1S/C25H22N2O6/c1-32-25(31)18-11-16-13-26(14-22(29)27(16)23(18)15-7-3-2-4-8-15)24(30)21-12-19(28)17-9-5-6-10-20(17)33-21/h2-10,12,16,18,23H,11,13-14H2,1H3/t16-,18-,23-/m0/s1. The van der Waals surface area contributed by atoms with Gasteiger partial charge in [0.25, 0.3) is 5.91 Å². The second kappa shape index (κ2) is 8.20. The van der Waals surface area contributed by atoms with Gasteiger partial charge in [0.05, 0.1) is 30.5 Å². The van der Waals surface area contributed by atoms with Crippen LogP contribution in [0.15, 0.2) is 69.9 Å². The number of hydrogen-bond acceptors (Lipinski definition) is 6. The first kappa shape index (κ1) is 20.9. The van der Waals surface area contributed by atoms with E-state index >= 15 is 0 Å². The summed E-state index contributed by atoms with van der Waals surface area (Å²) < 4.78 is 10.7. The Morgan fingerprint density at radius 3 is 2.52 bits per heavy atom. The van der Waals surface area contributed by atoms with Crippen LogP contribution in [-0.2, 0) is 14.3 Å². The van der Waals surface area contributed by atoms with Crippen molar-refractivity contribution in [3.05, 3.63) is 82.2 Å². The number of esters is 1. The SMILES string of the molecule is COC(=O)[C@H]1C[C@H]2CN(C(=O)c3cc(=O)c4ccccc4o3)CC(=O)N2[C@H]1c1ccccc1. The summed E-state index contributed by atoms with van der Waals surface area (Å²) in [6, 6.07) is 16.4. The van der Waals surface area contributed by atoms with E-state index in [4.69, 9.17) is 9.15 Å². The molecule has 168 valence electrons. The highest BCUT2D eigenvalue weighted by Gasteiger charge is 2.51. The van der Waals surface area contributed by atoms with E-state index in [0.29, 0.717) is 17.4 Å². The van der Waals surface area contributed by atoms with Gasteiger partial charge in [-0.25, -0.2) is 0 Å². The number of fused-ring (bicyclic) bond motifs is 2.